The smallest absolute Gasteiger partial charge is 0.339 e. The summed E-state index contributed by atoms with van der Waals surface area (Å²) >= 11 is 0. The van der Waals surface area contributed by atoms with Crippen molar-refractivity contribution in [2.24, 2.45) is 0 Å². The molecule has 1 aromatic heterocycles. The van der Waals surface area contributed by atoms with Gasteiger partial charge in [0.15, 0.2) is 0 Å². The van der Waals surface area contributed by atoms with E-state index in [1.165, 1.54) is 51.6 Å². The van der Waals surface area contributed by atoms with E-state index in [1.54, 1.807) is 6.20 Å². The van der Waals surface area contributed by atoms with Gasteiger partial charge in [-0.1, -0.05) is 12.8 Å². The number of ether oxygens (including phenoxy) is 1. The third-order valence-electron chi connectivity index (χ3n) is 5.14. The molecule has 1 aromatic rings. The summed E-state index contributed by atoms with van der Waals surface area (Å²) in [4.78, 5) is 21.3. The normalized spacial score (nSPS) is 22.9. The number of likely N-dealkylation sites (tertiary alicyclic amines) is 1. The van der Waals surface area contributed by atoms with Crippen LogP contribution in [0.25, 0.3) is 0 Å². The summed E-state index contributed by atoms with van der Waals surface area (Å²) < 4.78 is 5.02. The van der Waals surface area contributed by atoms with Crippen LogP contribution in [0.5, 0.6) is 0 Å². The molecule has 1 atom stereocenters. The Balaban J connectivity index is 1.62. The number of aromatic nitrogens is 1. The van der Waals surface area contributed by atoms with Crippen molar-refractivity contribution in [3.8, 4) is 0 Å². The lowest BCUT2D eigenvalue weighted by atomic mass is 10.0. The lowest BCUT2D eigenvalue weighted by molar-refractivity contribution is 0.0526. The van der Waals surface area contributed by atoms with Gasteiger partial charge >= 0.3 is 5.97 Å². The van der Waals surface area contributed by atoms with E-state index in [4.69, 9.17) is 4.74 Å². The zero-order valence-electron chi connectivity index (χ0n) is 14.7. The summed E-state index contributed by atoms with van der Waals surface area (Å²) in [5.41, 5.74) is 0.529. The predicted octanol–water partition coefficient (Wildman–Crippen LogP) is 3.10. The minimum absolute atomic E-state index is 0.294. The molecule has 2 aliphatic rings. The van der Waals surface area contributed by atoms with Crippen LogP contribution >= 0.6 is 0 Å². The minimum atomic E-state index is -0.294. The van der Waals surface area contributed by atoms with Gasteiger partial charge in [0, 0.05) is 25.3 Å². The maximum absolute atomic E-state index is 11.7. The molecule has 2 fully saturated rings. The first-order valence-corrected chi connectivity index (χ1v) is 9.40. The summed E-state index contributed by atoms with van der Waals surface area (Å²) in [5, 5.41) is 0. The number of hydrogen-bond acceptors (Lipinski definition) is 5. The quantitative estimate of drug-likeness (QED) is 0.793. The standard InChI is InChI=1S/C19H29N3O2/c1-2-24-19(23)16-9-10-18(20-14-16)22-13-7-8-17(15-22)21-11-5-3-4-6-12-21/h9-10,14,17H,2-8,11-13,15H2,1H3. The fourth-order valence-electron chi connectivity index (χ4n) is 3.83. The van der Waals surface area contributed by atoms with Crippen LogP contribution in [0, 0.1) is 0 Å². The molecule has 0 radical (unpaired) electrons. The van der Waals surface area contributed by atoms with E-state index in [9.17, 15) is 4.79 Å². The second-order valence-corrected chi connectivity index (χ2v) is 6.82. The maximum atomic E-state index is 11.7. The van der Waals surface area contributed by atoms with Crippen LogP contribution in [0.4, 0.5) is 5.82 Å². The number of nitrogens with zero attached hydrogens (tertiary/aromatic N) is 3. The molecule has 0 aromatic carbocycles. The number of piperidine rings is 1. The molecule has 24 heavy (non-hydrogen) atoms. The van der Waals surface area contributed by atoms with Crippen molar-refractivity contribution in [2.75, 3.05) is 37.7 Å². The van der Waals surface area contributed by atoms with E-state index < -0.39 is 0 Å². The van der Waals surface area contributed by atoms with Crippen LogP contribution in [0.15, 0.2) is 18.3 Å². The number of esters is 1. The zero-order chi connectivity index (χ0) is 16.8. The average Bonchev–Trinajstić information content (AvgIpc) is 2.92. The van der Waals surface area contributed by atoms with Crippen LogP contribution < -0.4 is 4.90 Å². The number of rotatable bonds is 4. The molecule has 3 heterocycles. The number of pyridine rings is 1. The monoisotopic (exact) mass is 331 g/mol. The molecule has 0 N–H and O–H groups in total. The molecule has 0 amide bonds. The maximum Gasteiger partial charge on any atom is 0.339 e. The highest BCUT2D eigenvalue weighted by molar-refractivity contribution is 5.89. The summed E-state index contributed by atoms with van der Waals surface area (Å²) in [6, 6.07) is 4.43. The Hall–Kier alpha value is -1.62. The van der Waals surface area contributed by atoms with Crippen molar-refractivity contribution in [1.29, 1.82) is 0 Å². The largest absolute Gasteiger partial charge is 0.462 e. The molecule has 5 nitrogen and oxygen atoms in total. The molecule has 3 rings (SSSR count). The molecule has 0 aliphatic carbocycles. The average molecular weight is 331 g/mol. The minimum Gasteiger partial charge on any atom is -0.462 e. The number of anilines is 1. The van der Waals surface area contributed by atoms with Gasteiger partial charge in [0.05, 0.1) is 12.2 Å². The molecular formula is C19H29N3O2. The van der Waals surface area contributed by atoms with Gasteiger partial charge in [-0.2, -0.15) is 0 Å². The zero-order valence-corrected chi connectivity index (χ0v) is 14.7. The SMILES string of the molecule is CCOC(=O)c1ccc(N2CCCC(N3CCCCCC3)C2)nc1. The van der Waals surface area contributed by atoms with Crippen LogP contribution in [0.3, 0.4) is 0 Å². The third kappa shape index (κ3) is 4.26. The Morgan fingerprint density at radius 3 is 2.62 bits per heavy atom. The summed E-state index contributed by atoms with van der Waals surface area (Å²) in [6.07, 6.45) is 9.57. The van der Waals surface area contributed by atoms with Gasteiger partial charge in [-0.3, -0.25) is 4.90 Å². The van der Waals surface area contributed by atoms with Gasteiger partial charge in [-0.15, -0.1) is 0 Å². The highest BCUT2D eigenvalue weighted by atomic mass is 16.5. The Morgan fingerprint density at radius 1 is 1.17 bits per heavy atom. The Morgan fingerprint density at radius 2 is 1.96 bits per heavy atom. The van der Waals surface area contributed by atoms with Gasteiger partial charge in [0.1, 0.15) is 5.82 Å². The number of carbonyl (C=O) groups excluding carboxylic acids is 1. The van der Waals surface area contributed by atoms with E-state index >= 15 is 0 Å². The van der Waals surface area contributed by atoms with E-state index in [1.807, 2.05) is 19.1 Å². The van der Waals surface area contributed by atoms with Crippen molar-refractivity contribution in [3.05, 3.63) is 23.9 Å². The molecule has 0 bridgehead atoms. The lowest BCUT2D eigenvalue weighted by Crippen LogP contribution is -2.48. The third-order valence-corrected chi connectivity index (χ3v) is 5.14. The lowest BCUT2D eigenvalue weighted by Gasteiger charge is -2.39. The van der Waals surface area contributed by atoms with Crippen LogP contribution in [0.2, 0.25) is 0 Å². The molecule has 0 spiro atoms. The fraction of sp³-hybridized carbons (Fsp3) is 0.684. The van der Waals surface area contributed by atoms with Gasteiger partial charge in [0.2, 0.25) is 0 Å². The first-order valence-electron chi connectivity index (χ1n) is 9.40. The van der Waals surface area contributed by atoms with Crippen molar-refractivity contribution in [1.82, 2.24) is 9.88 Å². The van der Waals surface area contributed by atoms with Crippen LogP contribution in [0.1, 0.15) is 55.8 Å². The molecule has 2 saturated heterocycles. The molecule has 5 heteroatoms. The molecule has 0 saturated carbocycles. The first kappa shape index (κ1) is 17.2. The Labute approximate surface area is 145 Å². The Kier molecular flexibility index (Phi) is 6.07. The number of hydrogen-bond donors (Lipinski definition) is 0. The van der Waals surface area contributed by atoms with Crippen molar-refractivity contribution >= 4 is 11.8 Å². The van der Waals surface area contributed by atoms with E-state index in [-0.39, 0.29) is 5.97 Å². The van der Waals surface area contributed by atoms with E-state index in [0.29, 0.717) is 18.2 Å². The first-order chi connectivity index (χ1) is 11.8. The van der Waals surface area contributed by atoms with Crippen LogP contribution in [-0.2, 0) is 4.74 Å². The molecule has 1 unspecified atom stereocenters. The molecule has 132 valence electrons. The van der Waals surface area contributed by atoms with Crippen molar-refractivity contribution in [3.63, 3.8) is 0 Å². The van der Waals surface area contributed by atoms with Crippen molar-refractivity contribution in [2.45, 2.75) is 51.5 Å². The second-order valence-electron chi connectivity index (χ2n) is 6.82. The molecular weight excluding hydrogens is 302 g/mol. The highest BCUT2D eigenvalue weighted by Gasteiger charge is 2.26. The second kappa shape index (κ2) is 8.47. The summed E-state index contributed by atoms with van der Waals surface area (Å²) in [6.45, 7) is 6.80. The molecule has 2 aliphatic heterocycles. The van der Waals surface area contributed by atoms with Gasteiger partial charge in [-0.05, 0) is 57.8 Å². The summed E-state index contributed by atoms with van der Waals surface area (Å²) in [5.74, 6) is 0.681. The summed E-state index contributed by atoms with van der Waals surface area (Å²) in [7, 11) is 0. The van der Waals surface area contributed by atoms with E-state index in [0.717, 1.165) is 18.9 Å². The van der Waals surface area contributed by atoms with Gasteiger partial charge in [-0.25, -0.2) is 9.78 Å². The van der Waals surface area contributed by atoms with Crippen LogP contribution in [-0.4, -0.2) is 54.7 Å². The predicted molar refractivity (Wildman–Crippen MR) is 95.5 cm³/mol. The van der Waals surface area contributed by atoms with E-state index in [2.05, 4.69) is 14.8 Å². The fourth-order valence-corrected chi connectivity index (χ4v) is 3.83. The number of carbonyl (C=O) groups is 1. The Bertz CT molecular complexity index is 524. The topological polar surface area (TPSA) is 45.7 Å². The highest BCUT2D eigenvalue weighted by Crippen LogP contribution is 2.23. The van der Waals surface area contributed by atoms with Gasteiger partial charge < -0.3 is 9.64 Å². The van der Waals surface area contributed by atoms with Crippen molar-refractivity contribution < 1.29 is 9.53 Å². The van der Waals surface area contributed by atoms with Gasteiger partial charge in [0.25, 0.3) is 0 Å².